The number of alkyl halides is 1. The summed E-state index contributed by atoms with van der Waals surface area (Å²) in [5.74, 6) is 0.0774. The molecule has 5 rings (SSSR count). The Morgan fingerprint density at radius 3 is 2.43 bits per heavy atom. The van der Waals surface area contributed by atoms with Gasteiger partial charge in [0, 0.05) is 22.3 Å². The van der Waals surface area contributed by atoms with E-state index in [0.717, 1.165) is 11.1 Å². The molecule has 0 bridgehead atoms. The third kappa shape index (κ3) is 4.71. The van der Waals surface area contributed by atoms with Crippen LogP contribution in [0.15, 0.2) is 65.6 Å². The number of thioether (sulfide) groups is 1. The zero-order valence-corrected chi connectivity index (χ0v) is 22.0. The highest BCUT2D eigenvalue weighted by Gasteiger charge is 2.52. The van der Waals surface area contributed by atoms with Gasteiger partial charge < -0.3 is 10.1 Å². The van der Waals surface area contributed by atoms with Crippen LogP contribution in [-0.2, 0) is 0 Å². The number of nitro groups is 2. The Hall–Kier alpha value is -3.01. The number of nitro benzene ring substituents is 2. The Balaban J connectivity index is 1.63. The molecule has 0 spiro atoms. The summed E-state index contributed by atoms with van der Waals surface area (Å²) in [6.07, 6.45) is 0.630. The number of rotatable bonds is 7. The van der Waals surface area contributed by atoms with E-state index in [9.17, 15) is 20.2 Å². The standard InChI is InChI=1S/C26H23Cl2N3O5S/c1-2-36-14-11-16-23-17(13-22(24(23)28)37-21-10-6-5-9-19(21)30(32)33)25(15-7-3-4-8-18(15)27)29-26(16)20(12-14)31(34)35/h3-12,17,22-25,29H,2,13H2,1H3/t17-,22+,23+,24+,25+/m0/s1. The second-order valence-corrected chi connectivity index (χ2v) is 11.2. The van der Waals surface area contributed by atoms with Gasteiger partial charge in [0.15, 0.2) is 0 Å². The molecule has 3 aromatic rings. The number of benzene rings is 3. The number of nitrogens with one attached hydrogen (secondary N) is 1. The van der Waals surface area contributed by atoms with E-state index in [1.165, 1.54) is 23.9 Å². The van der Waals surface area contributed by atoms with Crippen molar-refractivity contribution >= 4 is 52.0 Å². The molecular formula is C26H23Cl2N3O5S. The average molecular weight is 560 g/mol. The molecule has 2 aliphatic rings. The summed E-state index contributed by atoms with van der Waals surface area (Å²) in [5, 5.41) is 27.1. The molecule has 11 heteroatoms. The van der Waals surface area contributed by atoms with Crippen LogP contribution in [0.4, 0.5) is 17.1 Å². The van der Waals surface area contributed by atoms with E-state index < -0.39 is 15.2 Å². The molecule has 37 heavy (non-hydrogen) atoms. The van der Waals surface area contributed by atoms with E-state index in [-0.39, 0.29) is 34.5 Å². The lowest BCUT2D eigenvalue weighted by molar-refractivity contribution is -0.387. The zero-order chi connectivity index (χ0) is 26.3. The van der Waals surface area contributed by atoms with Crippen molar-refractivity contribution < 1.29 is 14.6 Å². The maximum atomic E-state index is 12.1. The average Bonchev–Trinajstić information content (AvgIpc) is 3.20. The first kappa shape index (κ1) is 25.6. The number of halogens is 2. The molecule has 0 amide bonds. The minimum atomic E-state index is -0.447. The number of hydrogen-bond donors (Lipinski definition) is 1. The lowest BCUT2D eigenvalue weighted by Crippen LogP contribution is -2.31. The lowest BCUT2D eigenvalue weighted by atomic mass is 9.77. The Bertz CT molecular complexity index is 1370. The molecule has 1 aliphatic carbocycles. The molecule has 0 saturated heterocycles. The van der Waals surface area contributed by atoms with E-state index >= 15 is 0 Å². The lowest BCUT2D eigenvalue weighted by Gasteiger charge is -2.38. The number of para-hydroxylation sites is 1. The van der Waals surface area contributed by atoms with Gasteiger partial charge in [-0.1, -0.05) is 41.9 Å². The fraction of sp³-hybridized carbons (Fsp3) is 0.308. The van der Waals surface area contributed by atoms with Gasteiger partial charge in [-0.3, -0.25) is 20.2 Å². The Morgan fingerprint density at radius 2 is 1.73 bits per heavy atom. The van der Waals surface area contributed by atoms with Crippen LogP contribution in [0.1, 0.15) is 36.4 Å². The topological polar surface area (TPSA) is 108 Å². The van der Waals surface area contributed by atoms with Crippen LogP contribution in [0.2, 0.25) is 5.02 Å². The molecule has 1 saturated carbocycles. The molecule has 3 aromatic carbocycles. The normalized spacial score (nSPS) is 24.0. The highest BCUT2D eigenvalue weighted by molar-refractivity contribution is 8.00. The Morgan fingerprint density at radius 1 is 1.03 bits per heavy atom. The zero-order valence-electron chi connectivity index (χ0n) is 19.7. The first-order chi connectivity index (χ1) is 17.8. The molecule has 1 fully saturated rings. The van der Waals surface area contributed by atoms with E-state index in [4.69, 9.17) is 27.9 Å². The van der Waals surface area contributed by atoms with E-state index in [1.54, 1.807) is 24.3 Å². The van der Waals surface area contributed by atoms with Gasteiger partial charge in [-0.15, -0.1) is 23.4 Å². The highest BCUT2D eigenvalue weighted by Crippen LogP contribution is 2.60. The minimum absolute atomic E-state index is 0.0293. The third-order valence-electron chi connectivity index (χ3n) is 6.96. The molecule has 0 aromatic heterocycles. The van der Waals surface area contributed by atoms with Gasteiger partial charge in [-0.05, 0) is 48.6 Å². The molecule has 5 atom stereocenters. The van der Waals surface area contributed by atoms with Gasteiger partial charge >= 0.3 is 0 Å². The summed E-state index contributed by atoms with van der Waals surface area (Å²) in [5.41, 5.74) is 1.89. The first-order valence-electron chi connectivity index (χ1n) is 11.8. The van der Waals surface area contributed by atoms with Crippen LogP contribution in [0, 0.1) is 26.1 Å². The number of fused-ring (bicyclic) bond motifs is 3. The van der Waals surface area contributed by atoms with Gasteiger partial charge in [0.05, 0.1) is 38.8 Å². The van der Waals surface area contributed by atoms with Crippen LogP contribution < -0.4 is 10.1 Å². The molecule has 0 radical (unpaired) electrons. The van der Waals surface area contributed by atoms with Crippen molar-refractivity contribution in [1.82, 2.24) is 0 Å². The predicted octanol–water partition coefficient (Wildman–Crippen LogP) is 7.59. The summed E-state index contributed by atoms with van der Waals surface area (Å²) < 4.78 is 5.67. The largest absolute Gasteiger partial charge is 0.494 e. The maximum Gasteiger partial charge on any atom is 0.296 e. The fourth-order valence-electron chi connectivity index (χ4n) is 5.48. The Kier molecular flexibility index (Phi) is 7.20. The van der Waals surface area contributed by atoms with Crippen molar-refractivity contribution in [2.75, 3.05) is 11.9 Å². The molecular weight excluding hydrogens is 537 g/mol. The van der Waals surface area contributed by atoms with E-state index in [2.05, 4.69) is 5.32 Å². The maximum absolute atomic E-state index is 12.1. The number of ether oxygens (including phenoxy) is 1. The van der Waals surface area contributed by atoms with Crippen LogP contribution in [0.5, 0.6) is 5.75 Å². The third-order valence-corrected chi connectivity index (χ3v) is 9.42. The van der Waals surface area contributed by atoms with Crippen molar-refractivity contribution in [2.45, 2.75) is 40.8 Å². The van der Waals surface area contributed by atoms with Crippen molar-refractivity contribution in [3.05, 3.63) is 97.0 Å². The first-order valence-corrected chi connectivity index (χ1v) is 13.5. The molecule has 1 aliphatic heterocycles. The molecule has 1 heterocycles. The van der Waals surface area contributed by atoms with Gasteiger partial charge in [-0.2, -0.15) is 0 Å². The molecule has 1 N–H and O–H groups in total. The smallest absolute Gasteiger partial charge is 0.296 e. The Labute approximate surface area is 227 Å². The van der Waals surface area contributed by atoms with Crippen molar-refractivity contribution in [3.8, 4) is 5.75 Å². The van der Waals surface area contributed by atoms with Crippen molar-refractivity contribution in [1.29, 1.82) is 0 Å². The summed E-state index contributed by atoms with van der Waals surface area (Å²) >= 11 is 15.1. The second kappa shape index (κ2) is 10.4. The minimum Gasteiger partial charge on any atom is -0.494 e. The van der Waals surface area contributed by atoms with Gasteiger partial charge in [0.25, 0.3) is 11.4 Å². The van der Waals surface area contributed by atoms with Crippen molar-refractivity contribution in [2.24, 2.45) is 5.92 Å². The molecule has 0 unspecified atom stereocenters. The predicted molar refractivity (Wildman–Crippen MR) is 145 cm³/mol. The van der Waals surface area contributed by atoms with Crippen LogP contribution in [0.3, 0.4) is 0 Å². The summed E-state index contributed by atoms with van der Waals surface area (Å²) in [6.45, 7) is 2.18. The van der Waals surface area contributed by atoms with E-state index in [1.807, 2.05) is 31.2 Å². The molecule has 192 valence electrons. The quantitative estimate of drug-likeness (QED) is 0.180. The fourth-order valence-corrected chi connectivity index (χ4v) is 7.67. The van der Waals surface area contributed by atoms with Gasteiger partial charge in [-0.25, -0.2) is 0 Å². The van der Waals surface area contributed by atoms with Crippen LogP contribution >= 0.6 is 35.0 Å². The summed E-state index contributed by atoms with van der Waals surface area (Å²) in [4.78, 5) is 23.5. The van der Waals surface area contributed by atoms with Crippen LogP contribution in [0.25, 0.3) is 0 Å². The van der Waals surface area contributed by atoms with Crippen molar-refractivity contribution in [3.63, 3.8) is 0 Å². The van der Waals surface area contributed by atoms with Gasteiger partial charge in [0.2, 0.25) is 0 Å². The number of anilines is 1. The summed E-state index contributed by atoms with van der Waals surface area (Å²) in [6, 6.07) is 17.0. The number of nitrogens with zero attached hydrogens (tertiary/aromatic N) is 2. The van der Waals surface area contributed by atoms with Gasteiger partial charge in [0.1, 0.15) is 11.4 Å². The monoisotopic (exact) mass is 559 g/mol. The molecule has 8 nitrogen and oxygen atoms in total. The number of hydrogen-bond acceptors (Lipinski definition) is 7. The van der Waals surface area contributed by atoms with Crippen LogP contribution in [-0.4, -0.2) is 27.1 Å². The SMILES string of the molecule is CCOc1cc2c(c([N+](=O)[O-])c1)N[C@H](c1ccccc1Cl)[C@H]1C[C@@H](Sc3ccccc3[N+](=O)[O-])[C@@H](Cl)[C@H]21. The second-order valence-electron chi connectivity index (χ2n) is 8.99. The summed E-state index contributed by atoms with van der Waals surface area (Å²) in [7, 11) is 0. The highest BCUT2D eigenvalue weighted by atomic mass is 35.5. The van der Waals surface area contributed by atoms with E-state index in [0.29, 0.717) is 34.4 Å².